The van der Waals surface area contributed by atoms with Gasteiger partial charge in [-0.25, -0.2) is 0 Å². The Hall–Kier alpha value is -0.360. The van der Waals surface area contributed by atoms with Gasteiger partial charge in [0.1, 0.15) is 0 Å². The van der Waals surface area contributed by atoms with E-state index in [9.17, 15) is 4.79 Å². The fourth-order valence-electron chi connectivity index (χ4n) is 3.91. The van der Waals surface area contributed by atoms with E-state index in [1.807, 2.05) is 6.92 Å². The Balaban J connectivity index is 0.00000161. The second-order valence-corrected chi connectivity index (χ2v) is 6.56. The lowest BCUT2D eigenvalue weighted by molar-refractivity contribution is -0.177. The molecule has 0 radical (unpaired) electrons. The minimum atomic E-state index is -0.736. The lowest BCUT2D eigenvalue weighted by Gasteiger charge is -2.61. The summed E-state index contributed by atoms with van der Waals surface area (Å²) in [5, 5.41) is 3.21. The molecule has 2 unspecified atom stereocenters. The Kier molecular flexibility index (Phi) is 5.19. The average Bonchev–Trinajstić information content (AvgIpc) is 2.36. The van der Waals surface area contributed by atoms with E-state index in [1.165, 1.54) is 19.3 Å². The molecule has 1 saturated heterocycles. The summed E-state index contributed by atoms with van der Waals surface area (Å²) in [4.78, 5) is 12.5. The van der Waals surface area contributed by atoms with E-state index in [0.29, 0.717) is 32.2 Å². The highest BCUT2D eigenvalue weighted by Crippen LogP contribution is 2.57. The summed E-state index contributed by atoms with van der Waals surface area (Å²) < 4.78 is 11.1. The van der Waals surface area contributed by atoms with Gasteiger partial charge in [0.2, 0.25) is 5.91 Å². The van der Waals surface area contributed by atoms with E-state index in [-0.39, 0.29) is 29.8 Å². The number of rotatable bonds is 4. The third-order valence-electron chi connectivity index (χ3n) is 5.58. The standard InChI is InChI=1S/C15H26N2O3.ClH/c1-2-20-12-10-11(14(12)4-3-5-14)17-13(18)15(16)6-8-19-9-7-15;/h11-12H,2-10,16H2,1H3,(H,17,18);1H. The molecule has 0 bridgehead atoms. The highest BCUT2D eigenvalue weighted by molar-refractivity contribution is 5.86. The maximum atomic E-state index is 12.5. The van der Waals surface area contributed by atoms with Crippen molar-refractivity contribution in [3.63, 3.8) is 0 Å². The Bertz CT molecular complexity index is 381. The normalized spacial score (nSPS) is 32.5. The molecule has 3 fully saturated rings. The van der Waals surface area contributed by atoms with Gasteiger partial charge in [0.05, 0.1) is 11.6 Å². The van der Waals surface area contributed by atoms with Gasteiger partial charge in [0, 0.05) is 31.3 Å². The van der Waals surface area contributed by atoms with Crippen LogP contribution in [-0.4, -0.2) is 43.4 Å². The molecule has 0 aromatic heterocycles. The second-order valence-electron chi connectivity index (χ2n) is 6.56. The van der Waals surface area contributed by atoms with Gasteiger partial charge < -0.3 is 20.5 Å². The SMILES string of the molecule is CCOC1CC(NC(=O)C2(N)CCOCC2)C12CCC2.Cl. The third kappa shape index (κ3) is 2.81. The molecule has 2 aliphatic carbocycles. The van der Waals surface area contributed by atoms with Gasteiger partial charge in [-0.2, -0.15) is 0 Å². The number of halogens is 1. The molecule has 1 aliphatic heterocycles. The van der Waals surface area contributed by atoms with Gasteiger partial charge in [-0.15, -0.1) is 12.4 Å². The summed E-state index contributed by atoms with van der Waals surface area (Å²) in [7, 11) is 0. The Morgan fingerprint density at radius 2 is 2.00 bits per heavy atom. The van der Waals surface area contributed by atoms with E-state index in [2.05, 4.69) is 5.32 Å². The van der Waals surface area contributed by atoms with Crippen LogP contribution in [0.25, 0.3) is 0 Å². The quantitative estimate of drug-likeness (QED) is 0.821. The number of carbonyl (C=O) groups is 1. The molecule has 21 heavy (non-hydrogen) atoms. The number of hydrogen-bond acceptors (Lipinski definition) is 4. The minimum Gasteiger partial charge on any atom is -0.381 e. The first-order chi connectivity index (χ1) is 9.61. The lowest BCUT2D eigenvalue weighted by atomic mass is 9.51. The Morgan fingerprint density at radius 3 is 2.52 bits per heavy atom. The first-order valence-electron chi connectivity index (χ1n) is 7.90. The van der Waals surface area contributed by atoms with Crippen molar-refractivity contribution < 1.29 is 14.3 Å². The van der Waals surface area contributed by atoms with Crippen molar-refractivity contribution in [1.82, 2.24) is 5.32 Å². The second kappa shape index (κ2) is 6.41. The van der Waals surface area contributed by atoms with Crippen LogP contribution in [0.15, 0.2) is 0 Å². The fraction of sp³-hybridized carbons (Fsp3) is 0.933. The van der Waals surface area contributed by atoms with Crippen LogP contribution in [0, 0.1) is 5.41 Å². The predicted octanol–water partition coefficient (Wildman–Crippen LogP) is 1.38. The van der Waals surface area contributed by atoms with Gasteiger partial charge in [0.25, 0.3) is 0 Å². The number of ether oxygens (including phenoxy) is 2. The summed E-state index contributed by atoms with van der Waals surface area (Å²) >= 11 is 0. The largest absolute Gasteiger partial charge is 0.381 e. The highest BCUT2D eigenvalue weighted by Gasteiger charge is 2.59. The van der Waals surface area contributed by atoms with Gasteiger partial charge in [-0.1, -0.05) is 6.42 Å². The molecule has 3 rings (SSSR count). The molecule has 1 heterocycles. The monoisotopic (exact) mass is 318 g/mol. The van der Waals surface area contributed by atoms with Gasteiger partial charge >= 0.3 is 0 Å². The van der Waals surface area contributed by atoms with Crippen LogP contribution in [-0.2, 0) is 14.3 Å². The molecule has 0 aromatic rings. The lowest BCUT2D eigenvalue weighted by Crippen LogP contribution is -2.70. The summed E-state index contributed by atoms with van der Waals surface area (Å²) in [6.07, 6.45) is 6.09. The van der Waals surface area contributed by atoms with Crippen LogP contribution < -0.4 is 11.1 Å². The molecule has 3 N–H and O–H groups in total. The van der Waals surface area contributed by atoms with Gasteiger partial charge in [-0.3, -0.25) is 4.79 Å². The van der Waals surface area contributed by atoms with E-state index >= 15 is 0 Å². The Labute approximate surface area is 132 Å². The Morgan fingerprint density at radius 1 is 1.33 bits per heavy atom. The smallest absolute Gasteiger partial charge is 0.240 e. The summed E-state index contributed by atoms with van der Waals surface area (Å²) in [6.45, 7) is 3.96. The fourth-order valence-corrected chi connectivity index (χ4v) is 3.91. The number of amides is 1. The maximum absolute atomic E-state index is 12.5. The molecule has 1 amide bonds. The van der Waals surface area contributed by atoms with Crippen molar-refractivity contribution in [2.24, 2.45) is 11.1 Å². The minimum absolute atomic E-state index is 0. The molecule has 1 spiro atoms. The molecule has 5 nitrogen and oxygen atoms in total. The summed E-state index contributed by atoms with van der Waals surface area (Å²) in [5.74, 6) is 0.00650. The molecular formula is C15H27ClN2O3. The molecule has 122 valence electrons. The van der Waals surface area contributed by atoms with E-state index in [1.54, 1.807) is 0 Å². The van der Waals surface area contributed by atoms with Gasteiger partial charge in [-0.05, 0) is 39.0 Å². The zero-order valence-corrected chi connectivity index (χ0v) is 13.5. The van der Waals surface area contributed by atoms with Crippen molar-refractivity contribution in [1.29, 1.82) is 0 Å². The van der Waals surface area contributed by atoms with Crippen molar-refractivity contribution in [3.05, 3.63) is 0 Å². The van der Waals surface area contributed by atoms with E-state index < -0.39 is 5.54 Å². The molecule has 6 heteroatoms. The highest BCUT2D eigenvalue weighted by atomic mass is 35.5. The number of nitrogens with one attached hydrogen (secondary N) is 1. The van der Waals surface area contributed by atoms with Crippen LogP contribution in [0.5, 0.6) is 0 Å². The van der Waals surface area contributed by atoms with Gasteiger partial charge in [0.15, 0.2) is 0 Å². The number of carbonyl (C=O) groups excluding carboxylic acids is 1. The predicted molar refractivity (Wildman–Crippen MR) is 82.5 cm³/mol. The van der Waals surface area contributed by atoms with Crippen LogP contribution in [0.3, 0.4) is 0 Å². The third-order valence-corrected chi connectivity index (χ3v) is 5.58. The van der Waals surface area contributed by atoms with Crippen molar-refractivity contribution in [3.8, 4) is 0 Å². The zero-order chi connectivity index (χ0) is 14.2. The molecular weight excluding hydrogens is 292 g/mol. The zero-order valence-electron chi connectivity index (χ0n) is 12.7. The van der Waals surface area contributed by atoms with Crippen LogP contribution in [0.1, 0.15) is 45.4 Å². The van der Waals surface area contributed by atoms with Crippen molar-refractivity contribution in [2.45, 2.75) is 63.1 Å². The maximum Gasteiger partial charge on any atom is 0.240 e. The van der Waals surface area contributed by atoms with Crippen LogP contribution in [0.2, 0.25) is 0 Å². The molecule has 2 atom stereocenters. The van der Waals surface area contributed by atoms with Crippen molar-refractivity contribution >= 4 is 18.3 Å². The first-order valence-corrected chi connectivity index (χ1v) is 7.90. The van der Waals surface area contributed by atoms with E-state index in [4.69, 9.17) is 15.2 Å². The molecule has 2 saturated carbocycles. The molecule has 3 aliphatic rings. The molecule has 0 aromatic carbocycles. The number of nitrogens with two attached hydrogens (primary N) is 1. The summed E-state index contributed by atoms with van der Waals surface area (Å²) in [5.41, 5.74) is 5.71. The van der Waals surface area contributed by atoms with E-state index in [0.717, 1.165) is 13.0 Å². The summed E-state index contributed by atoms with van der Waals surface area (Å²) in [6, 6.07) is 0.253. The average molecular weight is 319 g/mol. The van der Waals surface area contributed by atoms with Crippen LogP contribution in [0.4, 0.5) is 0 Å². The number of hydrogen-bond donors (Lipinski definition) is 2. The first kappa shape index (κ1) is 17.0. The topological polar surface area (TPSA) is 73.6 Å². The van der Waals surface area contributed by atoms with Crippen LogP contribution >= 0.6 is 12.4 Å². The van der Waals surface area contributed by atoms with Crippen molar-refractivity contribution in [2.75, 3.05) is 19.8 Å².